The molecule has 0 aliphatic heterocycles. The minimum atomic E-state index is 1.09. The van der Waals surface area contributed by atoms with Crippen LogP contribution in [0.4, 0.5) is 0 Å². The Bertz CT molecular complexity index is 53.7. The Kier molecular flexibility index (Phi) is 5.67. The van der Waals surface area contributed by atoms with Crippen molar-refractivity contribution >= 4 is 17.3 Å². The molecule has 0 unspecified atom stereocenters. The molecule has 0 radical (unpaired) electrons. The molecule has 0 heterocycles. The molecule has 0 spiro atoms. The summed E-state index contributed by atoms with van der Waals surface area (Å²) in [6.45, 7) is 2.09. The van der Waals surface area contributed by atoms with Gasteiger partial charge in [0, 0.05) is 7.05 Å². The average molecular weight is 118 g/mol. The lowest BCUT2D eigenvalue weighted by Gasteiger charge is -1.82. The van der Waals surface area contributed by atoms with E-state index in [1.165, 1.54) is 0 Å². The van der Waals surface area contributed by atoms with Crippen molar-refractivity contribution in [2.45, 2.75) is 6.92 Å². The van der Waals surface area contributed by atoms with Gasteiger partial charge in [-0.05, 0) is 5.75 Å². The molecule has 0 bridgehead atoms. The van der Waals surface area contributed by atoms with Gasteiger partial charge in [0.25, 0.3) is 0 Å². The zero-order chi connectivity index (χ0) is 5.54. The highest BCUT2D eigenvalue weighted by Crippen LogP contribution is 1.88. The smallest absolute Gasteiger partial charge is 0.0797 e. The molecular formula is C4H10N2S. The van der Waals surface area contributed by atoms with Crippen LogP contribution in [0, 0.1) is 0 Å². The Labute approximate surface area is 48.4 Å². The Hall–Kier alpha value is -0.180. The second-order valence-electron chi connectivity index (χ2n) is 0.913. The Morgan fingerprint density at radius 2 is 2.57 bits per heavy atom. The van der Waals surface area contributed by atoms with Crippen LogP contribution in [0.3, 0.4) is 0 Å². The highest BCUT2D eigenvalue weighted by atomic mass is 32.2. The first-order valence-electron chi connectivity index (χ1n) is 2.21. The highest BCUT2D eigenvalue weighted by molar-refractivity contribution is 8.12. The van der Waals surface area contributed by atoms with Gasteiger partial charge in [-0.15, -0.1) is 11.8 Å². The summed E-state index contributed by atoms with van der Waals surface area (Å²) in [6.07, 6.45) is 0. The van der Waals surface area contributed by atoms with E-state index in [9.17, 15) is 0 Å². The van der Waals surface area contributed by atoms with E-state index in [1.807, 2.05) is 0 Å². The lowest BCUT2D eigenvalue weighted by molar-refractivity contribution is 0.911. The third-order valence-corrected chi connectivity index (χ3v) is 1.01. The number of nitrogens with zero attached hydrogens (tertiary/aromatic N) is 1. The Morgan fingerprint density at radius 1 is 1.86 bits per heavy atom. The summed E-state index contributed by atoms with van der Waals surface area (Å²) in [6, 6.07) is 0. The van der Waals surface area contributed by atoms with E-state index >= 15 is 0 Å². The largest absolute Gasteiger partial charge is 0.313 e. The SMILES string of the molecule is CCS/C=N\NC. The van der Waals surface area contributed by atoms with Crippen LogP contribution in [0.15, 0.2) is 5.10 Å². The summed E-state index contributed by atoms with van der Waals surface area (Å²) in [5.41, 5.74) is 4.44. The maximum Gasteiger partial charge on any atom is 0.0797 e. The fraction of sp³-hybridized carbons (Fsp3) is 0.750. The van der Waals surface area contributed by atoms with Crippen molar-refractivity contribution < 1.29 is 0 Å². The molecule has 0 atom stereocenters. The molecule has 0 saturated heterocycles. The number of nitrogens with one attached hydrogen (secondary N) is 1. The van der Waals surface area contributed by atoms with Crippen molar-refractivity contribution in [1.82, 2.24) is 5.43 Å². The van der Waals surface area contributed by atoms with Crippen LogP contribution < -0.4 is 5.43 Å². The number of rotatable bonds is 3. The van der Waals surface area contributed by atoms with Gasteiger partial charge < -0.3 is 5.43 Å². The molecule has 0 fully saturated rings. The van der Waals surface area contributed by atoms with Crippen molar-refractivity contribution in [2.75, 3.05) is 12.8 Å². The molecular weight excluding hydrogens is 108 g/mol. The monoisotopic (exact) mass is 118 g/mol. The number of hydrazone groups is 1. The van der Waals surface area contributed by atoms with Gasteiger partial charge in [0.15, 0.2) is 0 Å². The summed E-state index contributed by atoms with van der Waals surface area (Å²) in [5, 5.41) is 3.75. The summed E-state index contributed by atoms with van der Waals surface area (Å²) in [4.78, 5) is 0. The van der Waals surface area contributed by atoms with Gasteiger partial charge in [-0.2, -0.15) is 5.10 Å². The topological polar surface area (TPSA) is 24.4 Å². The number of thioether (sulfide) groups is 1. The zero-order valence-electron chi connectivity index (χ0n) is 4.64. The molecule has 3 heteroatoms. The van der Waals surface area contributed by atoms with Crippen molar-refractivity contribution in [3.63, 3.8) is 0 Å². The van der Waals surface area contributed by atoms with Gasteiger partial charge in [-0.3, -0.25) is 0 Å². The fourth-order valence-corrected chi connectivity index (χ4v) is 0.494. The van der Waals surface area contributed by atoms with E-state index in [2.05, 4.69) is 17.5 Å². The van der Waals surface area contributed by atoms with Crippen LogP contribution in [0.25, 0.3) is 0 Å². The van der Waals surface area contributed by atoms with Gasteiger partial charge in [-0.1, -0.05) is 6.92 Å². The normalized spacial score (nSPS) is 10.0. The van der Waals surface area contributed by atoms with E-state index in [1.54, 1.807) is 24.4 Å². The van der Waals surface area contributed by atoms with E-state index < -0.39 is 0 Å². The van der Waals surface area contributed by atoms with Crippen LogP contribution in [0.1, 0.15) is 6.92 Å². The predicted molar refractivity (Wildman–Crippen MR) is 35.7 cm³/mol. The first kappa shape index (κ1) is 6.82. The highest BCUT2D eigenvalue weighted by Gasteiger charge is 1.67. The molecule has 0 aliphatic rings. The van der Waals surface area contributed by atoms with E-state index in [0.717, 1.165) is 5.75 Å². The van der Waals surface area contributed by atoms with E-state index in [4.69, 9.17) is 0 Å². The maximum atomic E-state index is 3.75. The fourth-order valence-electron chi connectivity index (χ4n) is 0.165. The molecule has 0 rings (SSSR count). The second-order valence-corrected chi connectivity index (χ2v) is 2.03. The molecule has 0 aromatic heterocycles. The maximum absolute atomic E-state index is 3.75. The minimum absolute atomic E-state index is 1.09. The van der Waals surface area contributed by atoms with Gasteiger partial charge in [0.1, 0.15) is 0 Å². The molecule has 0 amide bonds. The summed E-state index contributed by atoms with van der Waals surface area (Å²) < 4.78 is 0. The molecule has 7 heavy (non-hydrogen) atoms. The van der Waals surface area contributed by atoms with Crippen LogP contribution in [-0.4, -0.2) is 18.3 Å². The Balaban J connectivity index is 2.78. The minimum Gasteiger partial charge on any atom is -0.313 e. The predicted octanol–water partition coefficient (Wildman–Crippen LogP) is 0.902. The first-order chi connectivity index (χ1) is 3.41. The van der Waals surface area contributed by atoms with E-state index in [0.29, 0.717) is 0 Å². The first-order valence-corrected chi connectivity index (χ1v) is 3.26. The van der Waals surface area contributed by atoms with Crippen LogP contribution >= 0.6 is 11.8 Å². The molecule has 0 aromatic carbocycles. The van der Waals surface area contributed by atoms with E-state index in [-0.39, 0.29) is 0 Å². The summed E-state index contributed by atoms with van der Waals surface area (Å²) >= 11 is 1.68. The average Bonchev–Trinajstić information content (AvgIpc) is 1.69. The molecule has 2 nitrogen and oxygen atoms in total. The van der Waals surface area contributed by atoms with Gasteiger partial charge in [0.05, 0.1) is 5.55 Å². The van der Waals surface area contributed by atoms with Crippen molar-refractivity contribution in [2.24, 2.45) is 5.10 Å². The molecule has 0 aromatic rings. The quantitative estimate of drug-likeness (QED) is 0.338. The summed E-state index contributed by atoms with van der Waals surface area (Å²) in [5.74, 6) is 1.09. The third kappa shape index (κ3) is 5.82. The molecule has 1 N–H and O–H groups in total. The zero-order valence-corrected chi connectivity index (χ0v) is 5.46. The summed E-state index contributed by atoms with van der Waals surface area (Å²) in [7, 11) is 1.78. The Morgan fingerprint density at radius 3 is 3.00 bits per heavy atom. The molecule has 0 aliphatic carbocycles. The second kappa shape index (κ2) is 5.82. The van der Waals surface area contributed by atoms with Crippen molar-refractivity contribution in [1.29, 1.82) is 0 Å². The number of hydrogen-bond donors (Lipinski definition) is 1. The van der Waals surface area contributed by atoms with Crippen molar-refractivity contribution in [3.8, 4) is 0 Å². The lowest BCUT2D eigenvalue weighted by atomic mass is 11.0. The number of hydrogen-bond acceptors (Lipinski definition) is 3. The molecule has 0 saturated carbocycles. The van der Waals surface area contributed by atoms with Gasteiger partial charge >= 0.3 is 0 Å². The molecule has 42 valence electrons. The third-order valence-electron chi connectivity index (χ3n) is 0.423. The van der Waals surface area contributed by atoms with Crippen LogP contribution in [0.5, 0.6) is 0 Å². The van der Waals surface area contributed by atoms with Crippen LogP contribution in [0.2, 0.25) is 0 Å². The van der Waals surface area contributed by atoms with Gasteiger partial charge in [0.2, 0.25) is 0 Å². The van der Waals surface area contributed by atoms with Crippen LogP contribution in [-0.2, 0) is 0 Å². The van der Waals surface area contributed by atoms with Crippen molar-refractivity contribution in [3.05, 3.63) is 0 Å². The van der Waals surface area contributed by atoms with Gasteiger partial charge in [-0.25, -0.2) is 0 Å². The standard InChI is InChI=1S/C4H10N2S/c1-3-7-4-6-5-2/h4-5H,3H2,1-2H3/b6-4-. The lowest BCUT2D eigenvalue weighted by Crippen LogP contribution is -1.91.